The Morgan fingerprint density at radius 3 is 2.28 bits per heavy atom. The number of carbonyl (C=O) groups excluding carboxylic acids is 1. The predicted octanol–water partition coefficient (Wildman–Crippen LogP) is 5.29. The van der Waals surface area contributed by atoms with Crippen molar-refractivity contribution >= 4 is 33.2 Å². The summed E-state index contributed by atoms with van der Waals surface area (Å²) in [6, 6.07) is 9.66. The van der Waals surface area contributed by atoms with Crippen LogP contribution in [-0.4, -0.2) is 29.4 Å². The highest BCUT2D eigenvalue weighted by molar-refractivity contribution is 7.92. The van der Waals surface area contributed by atoms with Crippen LogP contribution >= 0.6 is 11.6 Å². The van der Waals surface area contributed by atoms with E-state index >= 15 is 0 Å². The second-order valence-electron chi connectivity index (χ2n) is 7.32. The second-order valence-corrected chi connectivity index (χ2v) is 10.2. The van der Waals surface area contributed by atoms with Crippen LogP contribution in [0.25, 0.3) is 5.69 Å². The standard InChI is InChI=1S/C21H19ClF3N3O3S/c1-12(2)32(30,31)16-7-4-14(5-8-16)20(29)26-19-10-13(3)27-28(19)18-11-15(21(23,24)25)6-9-17(18)22/h4-12H,1-3H3,(H,26,29). The second kappa shape index (κ2) is 8.59. The number of hydrogen-bond donors (Lipinski definition) is 1. The lowest BCUT2D eigenvalue weighted by Gasteiger charge is -2.13. The number of aryl methyl sites for hydroxylation is 1. The fraction of sp³-hybridized carbons (Fsp3) is 0.238. The Hall–Kier alpha value is -2.85. The number of nitrogens with zero attached hydrogens (tertiary/aromatic N) is 2. The van der Waals surface area contributed by atoms with Gasteiger partial charge in [0.15, 0.2) is 9.84 Å². The van der Waals surface area contributed by atoms with Gasteiger partial charge >= 0.3 is 6.18 Å². The van der Waals surface area contributed by atoms with Gasteiger partial charge < -0.3 is 5.32 Å². The van der Waals surface area contributed by atoms with E-state index in [9.17, 15) is 26.4 Å². The van der Waals surface area contributed by atoms with Gasteiger partial charge in [0.2, 0.25) is 0 Å². The quantitative estimate of drug-likeness (QED) is 0.532. The molecule has 6 nitrogen and oxygen atoms in total. The first kappa shape index (κ1) is 23.8. The number of aromatic nitrogens is 2. The monoisotopic (exact) mass is 485 g/mol. The number of anilines is 1. The highest BCUT2D eigenvalue weighted by Crippen LogP contribution is 2.34. The summed E-state index contributed by atoms with van der Waals surface area (Å²) >= 11 is 6.10. The molecule has 0 aliphatic heterocycles. The van der Waals surface area contributed by atoms with Gasteiger partial charge in [-0.1, -0.05) is 11.6 Å². The van der Waals surface area contributed by atoms with E-state index < -0.39 is 32.7 Å². The van der Waals surface area contributed by atoms with E-state index in [0.29, 0.717) is 5.69 Å². The molecule has 3 rings (SSSR count). The normalized spacial score (nSPS) is 12.2. The first-order valence-electron chi connectivity index (χ1n) is 9.40. The van der Waals surface area contributed by atoms with E-state index in [2.05, 4.69) is 10.4 Å². The predicted molar refractivity (Wildman–Crippen MR) is 115 cm³/mol. The molecule has 0 unspecified atom stereocenters. The summed E-state index contributed by atoms with van der Waals surface area (Å²) in [5.41, 5.74) is -0.368. The van der Waals surface area contributed by atoms with Crippen LogP contribution in [-0.2, 0) is 16.0 Å². The van der Waals surface area contributed by atoms with Crippen molar-refractivity contribution < 1.29 is 26.4 Å². The van der Waals surface area contributed by atoms with Crippen LogP contribution in [0.4, 0.5) is 19.0 Å². The fourth-order valence-corrected chi connectivity index (χ4v) is 4.14. The minimum Gasteiger partial charge on any atom is -0.306 e. The number of halogens is 4. The van der Waals surface area contributed by atoms with Gasteiger partial charge in [-0.05, 0) is 63.2 Å². The first-order valence-corrected chi connectivity index (χ1v) is 11.3. The van der Waals surface area contributed by atoms with Crippen LogP contribution in [0.15, 0.2) is 53.4 Å². The Morgan fingerprint density at radius 2 is 1.72 bits per heavy atom. The molecule has 11 heteroatoms. The molecule has 1 amide bonds. The maximum atomic E-state index is 13.1. The molecular weight excluding hydrogens is 467 g/mol. The van der Waals surface area contributed by atoms with Gasteiger partial charge in [0.05, 0.1) is 32.1 Å². The van der Waals surface area contributed by atoms with Gasteiger partial charge in [-0.15, -0.1) is 0 Å². The Kier molecular flexibility index (Phi) is 6.39. The lowest BCUT2D eigenvalue weighted by molar-refractivity contribution is -0.137. The molecule has 0 saturated carbocycles. The Bertz CT molecular complexity index is 1270. The third-order valence-electron chi connectivity index (χ3n) is 4.64. The van der Waals surface area contributed by atoms with E-state index in [0.717, 1.165) is 22.9 Å². The van der Waals surface area contributed by atoms with E-state index in [1.54, 1.807) is 20.8 Å². The molecule has 170 valence electrons. The molecule has 0 aliphatic rings. The third kappa shape index (κ3) is 4.81. The van der Waals surface area contributed by atoms with Crippen molar-refractivity contribution in [2.75, 3.05) is 5.32 Å². The summed E-state index contributed by atoms with van der Waals surface area (Å²) in [5, 5.41) is 6.13. The zero-order valence-corrected chi connectivity index (χ0v) is 18.8. The lowest BCUT2D eigenvalue weighted by atomic mass is 10.2. The van der Waals surface area contributed by atoms with Crippen molar-refractivity contribution in [3.63, 3.8) is 0 Å². The molecule has 2 aromatic carbocycles. The zero-order chi connectivity index (χ0) is 23.8. The van der Waals surface area contributed by atoms with Gasteiger partial charge in [0.1, 0.15) is 5.82 Å². The van der Waals surface area contributed by atoms with Gasteiger partial charge in [0, 0.05) is 11.6 Å². The maximum Gasteiger partial charge on any atom is 0.416 e. The Balaban J connectivity index is 1.93. The molecule has 32 heavy (non-hydrogen) atoms. The molecule has 0 saturated heterocycles. The van der Waals surface area contributed by atoms with Gasteiger partial charge in [-0.2, -0.15) is 18.3 Å². The number of rotatable bonds is 5. The molecular formula is C21H19ClF3N3O3S. The number of benzene rings is 2. The number of amides is 1. The van der Waals surface area contributed by atoms with E-state index in [1.807, 2.05) is 0 Å². The van der Waals surface area contributed by atoms with Crippen molar-refractivity contribution in [2.24, 2.45) is 0 Å². The molecule has 0 bridgehead atoms. The van der Waals surface area contributed by atoms with Crippen LogP contribution in [0.3, 0.4) is 0 Å². The minimum atomic E-state index is -4.58. The number of alkyl halides is 3. The number of carbonyl (C=O) groups is 1. The van der Waals surface area contributed by atoms with Crippen molar-refractivity contribution in [1.29, 1.82) is 0 Å². The maximum absolute atomic E-state index is 13.1. The Labute approximate surface area is 187 Å². The minimum absolute atomic E-state index is 0.0137. The Morgan fingerprint density at radius 1 is 1.09 bits per heavy atom. The average Bonchev–Trinajstić information content (AvgIpc) is 3.07. The highest BCUT2D eigenvalue weighted by Gasteiger charge is 2.31. The molecule has 0 spiro atoms. The van der Waals surface area contributed by atoms with Gasteiger partial charge in [-0.3, -0.25) is 4.79 Å². The molecule has 0 atom stereocenters. The van der Waals surface area contributed by atoms with Crippen molar-refractivity contribution in [2.45, 2.75) is 37.1 Å². The molecule has 3 aromatic rings. The largest absolute Gasteiger partial charge is 0.416 e. The van der Waals surface area contributed by atoms with E-state index in [1.165, 1.54) is 30.3 Å². The van der Waals surface area contributed by atoms with Crippen molar-refractivity contribution in [3.05, 3.63) is 70.4 Å². The van der Waals surface area contributed by atoms with Crippen LogP contribution < -0.4 is 5.32 Å². The zero-order valence-electron chi connectivity index (χ0n) is 17.2. The SMILES string of the molecule is Cc1cc(NC(=O)c2ccc(S(=O)(=O)C(C)C)cc2)n(-c2cc(C(F)(F)F)ccc2Cl)n1. The first-order chi connectivity index (χ1) is 14.8. The number of sulfone groups is 1. The summed E-state index contributed by atoms with van der Waals surface area (Å²) in [6.07, 6.45) is -4.58. The van der Waals surface area contributed by atoms with E-state index in [4.69, 9.17) is 11.6 Å². The van der Waals surface area contributed by atoms with Crippen molar-refractivity contribution in [3.8, 4) is 5.69 Å². The topological polar surface area (TPSA) is 81.1 Å². The summed E-state index contributed by atoms with van der Waals surface area (Å²) in [7, 11) is -3.49. The summed E-state index contributed by atoms with van der Waals surface area (Å²) < 4.78 is 65.0. The van der Waals surface area contributed by atoms with Gasteiger partial charge in [0.25, 0.3) is 5.91 Å². The molecule has 0 fully saturated rings. The average molecular weight is 486 g/mol. The lowest BCUT2D eigenvalue weighted by Crippen LogP contribution is -2.17. The van der Waals surface area contributed by atoms with Crippen LogP contribution in [0.2, 0.25) is 5.02 Å². The smallest absolute Gasteiger partial charge is 0.306 e. The highest BCUT2D eigenvalue weighted by atomic mass is 35.5. The number of nitrogens with one attached hydrogen (secondary N) is 1. The molecule has 1 aromatic heterocycles. The summed E-state index contributed by atoms with van der Waals surface area (Å²) in [5.74, 6) is -0.490. The van der Waals surface area contributed by atoms with Crippen LogP contribution in [0, 0.1) is 6.92 Å². The number of hydrogen-bond acceptors (Lipinski definition) is 4. The van der Waals surface area contributed by atoms with Crippen LogP contribution in [0.1, 0.15) is 35.5 Å². The van der Waals surface area contributed by atoms with E-state index in [-0.39, 0.29) is 27.0 Å². The van der Waals surface area contributed by atoms with Crippen molar-refractivity contribution in [1.82, 2.24) is 9.78 Å². The summed E-state index contributed by atoms with van der Waals surface area (Å²) in [4.78, 5) is 12.8. The van der Waals surface area contributed by atoms with Crippen LogP contribution in [0.5, 0.6) is 0 Å². The third-order valence-corrected chi connectivity index (χ3v) is 7.13. The van der Waals surface area contributed by atoms with Gasteiger partial charge in [-0.25, -0.2) is 13.1 Å². The molecule has 0 radical (unpaired) electrons. The molecule has 0 aliphatic carbocycles. The molecule has 1 N–H and O–H groups in total. The fourth-order valence-electron chi connectivity index (χ4n) is 2.88. The molecule has 1 heterocycles. The summed E-state index contributed by atoms with van der Waals surface area (Å²) in [6.45, 7) is 4.72.